The van der Waals surface area contributed by atoms with E-state index >= 15 is 0 Å². The first kappa shape index (κ1) is 11.3. The molecule has 0 unspecified atom stereocenters. The second-order valence-corrected chi connectivity index (χ2v) is 7.32. The van der Waals surface area contributed by atoms with Crippen LogP contribution in [0.1, 0.15) is 33.1 Å². The number of hydrogen-bond acceptors (Lipinski definition) is 3. The molecular formula is C17H18O3. The molecule has 1 saturated heterocycles. The predicted octanol–water partition coefficient (Wildman–Crippen LogP) is 2.62. The third-order valence-corrected chi connectivity index (χ3v) is 6.41. The highest BCUT2D eigenvalue weighted by atomic mass is 16.6. The van der Waals surface area contributed by atoms with Crippen molar-refractivity contribution in [2.75, 3.05) is 0 Å². The van der Waals surface area contributed by atoms with Crippen LogP contribution in [0.4, 0.5) is 0 Å². The van der Waals surface area contributed by atoms with Crippen molar-refractivity contribution in [2.24, 2.45) is 35.5 Å². The van der Waals surface area contributed by atoms with Gasteiger partial charge in [0, 0.05) is 11.8 Å². The number of carbonyl (C=O) groups excluding carboxylic acids is 2. The number of cyclic esters (lactones) is 2. The predicted molar refractivity (Wildman–Crippen MR) is 71.3 cm³/mol. The molecule has 5 aliphatic rings. The summed E-state index contributed by atoms with van der Waals surface area (Å²) in [5.74, 6) is 0.859. The lowest BCUT2D eigenvalue weighted by molar-refractivity contribution is -0.154. The van der Waals surface area contributed by atoms with Gasteiger partial charge in [-0.15, -0.1) is 0 Å². The van der Waals surface area contributed by atoms with E-state index < -0.39 is 0 Å². The lowest BCUT2D eigenvalue weighted by Gasteiger charge is -2.28. The minimum absolute atomic E-state index is 0.199. The summed E-state index contributed by atoms with van der Waals surface area (Å²) in [4.78, 5) is 24.3. The van der Waals surface area contributed by atoms with Crippen LogP contribution < -0.4 is 0 Å². The first-order chi connectivity index (χ1) is 9.59. The van der Waals surface area contributed by atoms with Crippen molar-refractivity contribution in [3.05, 3.63) is 22.3 Å². The summed E-state index contributed by atoms with van der Waals surface area (Å²) < 4.78 is 4.97. The fourth-order valence-electron chi connectivity index (χ4n) is 6.02. The zero-order chi connectivity index (χ0) is 13.8. The first-order valence-corrected chi connectivity index (χ1v) is 7.76. The lowest BCUT2D eigenvalue weighted by Crippen LogP contribution is -2.29. The van der Waals surface area contributed by atoms with Crippen molar-refractivity contribution < 1.29 is 14.3 Å². The van der Waals surface area contributed by atoms with Crippen molar-refractivity contribution >= 4 is 11.9 Å². The van der Waals surface area contributed by atoms with E-state index in [1.165, 1.54) is 30.4 Å². The maximum atomic E-state index is 12.1. The molecule has 3 nitrogen and oxygen atoms in total. The lowest BCUT2D eigenvalue weighted by atomic mass is 9.72. The Hall–Kier alpha value is -1.38. The van der Waals surface area contributed by atoms with E-state index in [1.54, 1.807) is 11.1 Å². The van der Waals surface area contributed by atoms with Crippen LogP contribution in [-0.2, 0) is 14.3 Å². The largest absolute Gasteiger partial charge is 0.393 e. The van der Waals surface area contributed by atoms with Crippen molar-refractivity contribution in [3.8, 4) is 0 Å². The van der Waals surface area contributed by atoms with Crippen molar-refractivity contribution in [1.82, 2.24) is 0 Å². The molecule has 0 amide bonds. The normalized spacial score (nSPS) is 47.2. The average molecular weight is 270 g/mol. The Balaban J connectivity index is 1.76. The van der Waals surface area contributed by atoms with Crippen LogP contribution in [0.3, 0.4) is 0 Å². The molecule has 0 aromatic carbocycles. The van der Waals surface area contributed by atoms with E-state index in [9.17, 15) is 9.59 Å². The molecule has 0 aromatic heterocycles. The van der Waals surface area contributed by atoms with Gasteiger partial charge in [0.15, 0.2) is 0 Å². The highest BCUT2D eigenvalue weighted by Crippen LogP contribution is 2.70. The molecule has 0 N–H and O–H groups in total. The van der Waals surface area contributed by atoms with Gasteiger partial charge in [0.05, 0.1) is 11.8 Å². The Morgan fingerprint density at radius 3 is 1.90 bits per heavy atom. The minimum atomic E-state index is -0.263. The Morgan fingerprint density at radius 2 is 1.45 bits per heavy atom. The van der Waals surface area contributed by atoms with E-state index in [0.29, 0.717) is 11.8 Å². The Morgan fingerprint density at radius 1 is 0.950 bits per heavy atom. The number of esters is 2. The Labute approximate surface area is 118 Å². The molecule has 3 heteroatoms. The van der Waals surface area contributed by atoms with Gasteiger partial charge in [-0.3, -0.25) is 9.59 Å². The van der Waals surface area contributed by atoms with Gasteiger partial charge < -0.3 is 4.74 Å². The van der Waals surface area contributed by atoms with Gasteiger partial charge in [0.25, 0.3) is 0 Å². The summed E-state index contributed by atoms with van der Waals surface area (Å²) in [7, 11) is 0. The van der Waals surface area contributed by atoms with E-state index in [4.69, 9.17) is 4.74 Å². The van der Waals surface area contributed by atoms with Crippen LogP contribution in [0.15, 0.2) is 22.3 Å². The minimum Gasteiger partial charge on any atom is -0.393 e. The molecule has 0 spiro atoms. The monoisotopic (exact) mass is 270 g/mol. The van der Waals surface area contributed by atoms with E-state index in [1.807, 2.05) is 0 Å². The molecule has 0 radical (unpaired) electrons. The summed E-state index contributed by atoms with van der Waals surface area (Å²) >= 11 is 0. The van der Waals surface area contributed by atoms with Gasteiger partial charge in [-0.25, -0.2) is 0 Å². The molecule has 20 heavy (non-hydrogen) atoms. The summed E-state index contributed by atoms with van der Waals surface area (Å²) in [5, 5.41) is 0. The van der Waals surface area contributed by atoms with Crippen LogP contribution in [0.2, 0.25) is 0 Å². The quantitative estimate of drug-likeness (QED) is 0.294. The van der Waals surface area contributed by atoms with Crippen LogP contribution in [-0.4, -0.2) is 11.9 Å². The highest BCUT2D eigenvalue weighted by Gasteiger charge is 2.68. The van der Waals surface area contributed by atoms with Crippen LogP contribution in [0.5, 0.6) is 0 Å². The van der Waals surface area contributed by atoms with Crippen molar-refractivity contribution in [1.29, 1.82) is 0 Å². The third-order valence-electron chi connectivity index (χ3n) is 6.41. The average Bonchev–Trinajstić information content (AvgIpc) is 3.13. The van der Waals surface area contributed by atoms with Crippen LogP contribution in [0.25, 0.3) is 0 Å². The Bertz CT molecular complexity index is 589. The van der Waals surface area contributed by atoms with Crippen molar-refractivity contribution in [2.45, 2.75) is 33.1 Å². The SMILES string of the molecule is CC(C)=C1[C@@H]2C3=C([C@@H]4CC[C@H]3C4)[C@H]1[C@@H]1C(=O)OC(=O)[C@H]21. The van der Waals surface area contributed by atoms with Crippen molar-refractivity contribution in [3.63, 3.8) is 0 Å². The van der Waals surface area contributed by atoms with Crippen LogP contribution >= 0.6 is 0 Å². The fraction of sp³-hybridized carbons (Fsp3) is 0.647. The summed E-state index contributed by atoms with van der Waals surface area (Å²) in [6.07, 6.45) is 3.84. The van der Waals surface area contributed by atoms with Gasteiger partial charge in [-0.2, -0.15) is 0 Å². The topological polar surface area (TPSA) is 43.4 Å². The zero-order valence-electron chi connectivity index (χ0n) is 11.8. The Kier molecular flexibility index (Phi) is 1.84. The molecule has 3 fully saturated rings. The maximum Gasteiger partial charge on any atom is 0.318 e. The summed E-state index contributed by atoms with van der Waals surface area (Å²) in [6.45, 7) is 4.27. The molecule has 4 bridgehead atoms. The summed E-state index contributed by atoms with van der Waals surface area (Å²) in [5.41, 5.74) is 5.81. The molecule has 4 aliphatic carbocycles. The number of hydrogen-bond donors (Lipinski definition) is 0. The van der Waals surface area contributed by atoms with Gasteiger partial charge in [-0.05, 0) is 44.9 Å². The number of ether oxygens (including phenoxy) is 1. The maximum absolute atomic E-state index is 12.1. The standard InChI is InChI=1S/C17H18O3/c1-6(2)9-12-10-7-3-4-8(5-7)11(10)13(9)15-14(12)16(18)20-17(15)19/h7-8,12-15H,3-5H2,1-2H3/t7-,8+,12+,13-,14+,15-. The van der Waals surface area contributed by atoms with E-state index in [-0.39, 0.29) is 35.6 Å². The second kappa shape index (κ2) is 3.26. The number of carbonyl (C=O) groups is 2. The molecule has 104 valence electrons. The third kappa shape index (κ3) is 1.00. The fourth-order valence-corrected chi connectivity index (χ4v) is 6.02. The number of allylic oxidation sites excluding steroid dienone is 4. The smallest absolute Gasteiger partial charge is 0.318 e. The molecule has 1 aliphatic heterocycles. The van der Waals surface area contributed by atoms with Gasteiger partial charge in [-0.1, -0.05) is 22.3 Å². The van der Waals surface area contributed by atoms with Gasteiger partial charge in [0.2, 0.25) is 0 Å². The number of rotatable bonds is 0. The van der Waals surface area contributed by atoms with E-state index in [2.05, 4.69) is 13.8 Å². The molecule has 0 aromatic rings. The van der Waals surface area contributed by atoms with Crippen LogP contribution in [0, 0.1) is 35.5 Å². The number of fused-ring (bicyclic) bond motifs is 11. The zero-order valence-corrected chi connectivity index (χ0v) is 11.8. The second-order valence-electron chi connectivity index (χ2n) is 7.32. The molecule has 6 atom stereocenters. The van der Waals surface area contributed by atoms with Gasteiger partial charge >= 0.3 is 11.9 Å². The molecular weight excluding hydrogens is 252 g/mol. The van der Waals surface area contributed by atoms with E-state index in [0.717, 1.165) is 0 Å². The molecule has 5 rings (SSSR count). The summed E-state index contributed by atoms with van der Waals surface area (Å²) in [6, 6.07) is 0. The first-order valence-electron chi connectivity index (χ1n) is 7.76. The van der Waals surface area contributed by atoms with Gasteiger partial charge in [0.1, 0.15) is 0 Å². The highest BCUT2D eigenvalue weighted by molar-refractivity contribution is 6.00. The molecule has 2 saturated carbocycles. The molecule has 1 heterocycles.